The van der Waals surface area contributed by atoms with E-state index in [-0.39, 0.29) is 26.1 Å². The quantitative estimate of drug-likeness (QED) is 0.0195. The second kappa shape index (κ2) is 64.3. The van der Waals surface area contributed by atoms with Crippen LogP contribution in [0.15, 0.2) is 194 Å². The summed E-state index contributed by atoms with van der Waals surface area (Å²) in [6.45, 7) is 3.93. The molecule has 10 heteroatoms. The van der Waals surface area contributed by atoms with E-state index in [9.17, 15) is 19.0 Å². The lowest BCUT2D eigenvalue weighted by molar-refractivity contribution is -0.870. The largest absolute Gasteiger partial charge is 0.756 e. The summed E-state index contributed by atoms with van der Waals surface area (Å²) < 4.78 is 34.2. The van der Waals surface area contributed by atoms with E-state index >= 15 is 0 Å². The van der Waals surface area contributed by atoms with Gasteiger partial charge in [-0.05, 0) is 141 Å². The van der Waals surface area contributed by atoms with Gasteiger partial charge in [-0.15, -0.1) is 0 Å². The standard InChI is InChI=1S/C76H120NO8P/c1-6-8-10-12-14-16-18-20-22-24-26-28-30-32-34-36-38-40-42-44-46-48-50-52-54-56-58-60-62-64-66-68-75(78)82-72-74(73-84-86(80,81)83-71-70-77(3,4)5)85-76(79)69-67-65-63-61-59-57-55-53-51-49-47-45-43-41-39-37-35-33-31-29-27-25-23-21-19-17-15-13-11-9-7-2/h8-11,14-17,20-23,26-29,32-35,38-41,44-47,51,53,57,59,74H,6-7,12-13,18-19,24-25,30-31,36-37,42-43,48-50,52,54-56,58,60-73H2,1-5H3/b10-8-,11-9-,16-14-,17-15-,22-20-,23-21-,28-26-,29-27-,34-32-,35-33-,40-38-,41-39-,46-44-,47-45-,53-51-,59-57-. The normalized spacial score (nSPS) is 14.4. The minimum Gasteiger partial charge on any atom is -0.756 e. The predicted molar refractivity (Wildman–Crippen MR) is 369 cm³/mol. The van der Waals surface area contributed by atoms with Gasteiger partial charge in [0.15, 0.2) is 6.10 Å². The fraction of sp³-hybridized carbons (Fsp3) is 0.553. The molecule has 0 radical (unpaired) electrons. The van der Waals surface area contributed by atoms with Crippen LogP contribution in [0.25, 0.3) is 0 Å². The Morgan fingerprint density at radius 2 is 0.628 bits per heavy atom. The fourth-order valence-corrected chi connectivity index (χ4v) is 8.83. The number of ether oxygens (including phenoxy) is 2. The molecular weight excluding hydrogens is 1090 g/mol. The lowest BCUT2D eigenvalue weighted by atomic mass is 10.1. The molecule has 0 aliphatic heterocycles. The van der Waals surface area contributed by atoms with E-state index in [1.807, 2.05) is 21.1 Å². The van der Waals surface area contributed by atoms with Crippen molar-refractivity contribution in [3.63, 3.8) is 0 Å². The van der Waals surface area contributed by atoms with Crippen molar-refractivity contribution in [2.24, 2.45) is 0 Å². The van der Waals surface area contributed by atoms with Crippen LogP contribution in [-0.4, -0.2) is 70.0 Å². The number of nitrogens with zero attached hydrogens (tertiary/aromatic N) is 1. The molecule has 0 rings (SSSR count). The topological polar surface area (TPSA) is 111 Å². The molecule has 0 aliphatic rings. The Kier molecular flexibility index (Phi) is 60.5. The Hall–Kier alpha value is -5.15. The maximum atomic E-state index is 12.8. The zero-order valence-corrected chi connectivity index (χ0v) is 55.6. The molecule has 0 amide bonds. The van der Waals surface area contributed by atoms with Gasteiger partial charge in [0, 0.05) is 12.8 Å². The summed E-state index contributed by atoms with van der Waals surface area (Å²) in [6, 6.07) is 0. The Morgan fingerprint density at radius 3 is 0.942 bits per heavy atom. The van der Waals surface area contributed by atoms with Gasteiger partial charge in [0.05, 0.1) is 27.7 Å². The van der Waals surface area contributed by atoms with Crippen LogP contribution in [0, 0.1) is 0 Å². The molecule has 0 aliphatic carbocycles. The van der Waals surface area contributed by atoms with Crippen LogP contribution in [0.4, 0.5) is 0 Å². The van der Waals surface area contributed by atoms with Crippen molar-refractivity contribution in [1.82, 2.24) is 0 Å². The Morgan fingerprint density at radius 1 is 0.360 bits per heavy atom. The van der Waals surface area contributed by atoms with E-state index in [4.69, 9.17) is 18.5 Å². The number of phosphoric ester groups is 1. The highest BCUT2D eigenvalue weighted by molar-refractivity contribution is 7.45. The third-order valence-corrected chi connectivity index (χ3v) is 14.1. The molecule has 0 aromatic rings. The molecule has 0 fully saturated rings. The number of allylic oxidation sites excluding steroid dienone is 32. The molecule has 86 heavy (non-hydrogen) atoms. The molecule has 2 atom stereocenters. The predicted octanol–water partition coefficient (Wildman–Crippen LogP) is 21.1. The molecule has 482 valence electrons. The first kappa shape index (κ1) is 80.8. The summed E-state index contributed by atoms with van der Waals surface area (Å²) in [4.78, 5) is 38.0. The molecule has 2 unspecified atom stereocenters. The lowest BCUT2D eigenvalue weighted by Gasteiger charge is -2.28. The van der Waals surface area contributed by atoms with Crippen LogP contribution in [0.5, 0.6) is 0 Å². The highest BCUT2D eigenvalue weighted by Gasteiger charge is 2.22. The number of carbonyl (C=O) groups excluding carboxylic acids is 2. The van der Waals surface area contributed by atoms with Crippen molar-refractivity contribution in [2.75, 3.05) is 47.5 Å². The second-order valence-electron chi connectivity index (χ2n) is 22.4. The van der Waals surface area contributed by atoms with Crippen molar-refractivity contribution in [1.29, 1.82) is 0 Å². The van der Waals surface area contributed by atoms with Gasteiger partial charge >= 0.3 is 11.9 Å². The molecular formula is C76H120NO8P. The first-order valence-electron chi connectivity index (χ1n) is 33.1. The minimum atomic E-state index is -4.67. The van der Waals surface area contributed by atoms with Gasteiger partial charge in [-0.3, -0.25) is 14.2 Å². The van der Waals surface area contributed by atoms with Gasteiger partial charge in [-0.25, -0.2) is 0 Å². The number of phosphoric acid groups is 1. The number of esters is 2. The average Bonchev–Trinajstić information content (AvgIpc) is 3.56. The van der Waals surface area contributed by atoms with Crippen molar-refractivity contribution < 1.29 is 42.1 Å². The van der Waals surface area contributed by atoms with Crippen molar-refractivity contribution in [3.8, 4) is 0 Å². The van der Waals surface area contributed by atoms with Crippen molar-refractivity contribution in [2.45, 2.75) is 225 Å². The smallest absolute Gasteiger partial charge is 0.306 e. The number of hydrogen-bond donors (Lipinski definition) is 0. The molecule has 0 aromatic heterocycles. The Labute approximate surface area is 526 Å². The SMILES string of the molecule is CC/C=C\C/C=C\C/C=C\C/C=C\C/C=C\C/C=C\C/C=C\C/C=C\C/C=C\CCCCCC(=O)OC(COC(=O)CCCCCCCCCCC/C=C\C/C=C\C/C=C\C/C=C\C/C=C\C/C=C\C/C=C\CC)COP(=O)([O-])OCC[N+](C)(C)C. The summed E-state index contributed by atoms with van der Waals surface area (Å²) in [6.07, 6.45) is 101. The molecule has 0 N–H and O–H groups in total. The van der Waals surface area contributed by atoms with Gasteiger partial charge in [0.25, 0.3) is 7.82 Å². The second-order valence-corrected chi connectivity index (χ2v) is 23.8. The van der Waals surface area contributed by atoms with Crippen molar-refractivity contribution >= 4 is 19.8 Å². The molecule has 9 nitrogen and oxygen atoms in total. The molecule has 0 aromatic carbocycles. The summed E-state index contributed by atoms with van der Waals surface area (Å²) in [5.41, 5.74) is 0. The first-order chi connectivity index (χ1) is 42.0. The number of quaternary nitrogens is 1. The number of hydrogen-bond acceptors (Lipinski definition) is 8. The third kappa shape index (κ3) is 68.0. The summed E-state index contributed by atoms with van der Waals surface area (Å²) in [5, 5.41) is 0. The van der Waals surface area contributed by atoms with E-state index in [1.54, 1.807) is 0 Å². The Balaban J connectivity index is 4.26. The molecule has 0 bridgehead atoms. The van der Waals surface area contributed by atoms with Gasteiger partial charge in [-0.2, -0.15) is 0 Å². The summed E-state index contributed by atoms with van der Waals surface area (Å²) in [7, 11) is 1.11. The number of carbonyl (C=O) groups is 2. The van der Waals surface area contributed by atoms with Crippen LogP contribution in [0.2, 0.25) is 0 Å². The van der Waals surface area contributed by atoms with Gasteiger partial charge in [-0.1, -0.05) is 260 Å². The zero-order chi connectivity index (χ0) is 62.6. The maximum Gasteiger partial charge on any atom is 0.306 e. The monoisotopic (exact) mass is 1210 g/mol. The highest BCUT2D eigenvalue weighted by atomic mass is 31.2. The summed E-state index contributed by atoms with van der Waals surface area (Å²) >= 11 is 0. The van der Waals surface area contributed by atoms with Crippen LogP contribution in [0.1, 0.15) is 219 Å². The molecule has 0 heterocycles. The summed E-state index contributed by atoms with van der Waals surface area (Å²) in [5.74, 6) is -0.895. The van der Waals surface area contributed by atoms with E-state index in [2.05, 4.69) is 208 Å². The number of rotatable bonds is 58. The van der Waals surface area contributed by atoms with Gasteiger partial charge < -0.3 is 27.9 Å². The zero-order valence-electron chi connectivity index (χ0n) is 54.7. The van der Waals surface area contributed by atoms with Crippen LogP contribution in [-0.2, 0) is 32.7 Å². The molecule has 0 saturated heterocycles. The first-order valence-corrected chi connectivity index (χ1v) is 34.6. The molecule has 0 saturated carbocycles. The van der Waals surface area contributed by atoms with E-state index in [0.717, 1.165) is 148 Å². The van der Waals surface area contributed by atoms with Gasteiger partial charge in [0.2, 0.25) is 0 Å². The highest BCUT2D eigenvalue weighted by Crippen LogP contribution is 2.38. The van der Waals surface area contributed by atoms with Gasteiger partial charge in [0.1, 0.15) is 19.8 Å². The lowest BCUT2D eigenvalue weighted by Crippen LogP contribution is -2.37. The maximum absolute atomic E-state index is 12.8. The van der Waals surface area contributed by atoms with Crippen LogP contribution >= 0.6 is 7.82 Å². The minimum absolute atomic E-state index is 0.0504. The third-order valence-electron chi connectivity index (χ3n) is 13.1. The van der Waals surface area contributed by atoms with Crippen molar-refractivity contribution in [3.05, 3.63) is 194 Å². The number of likely N-dealkylation sites (N-methyl/N-ethyl adjacent to an activating group) is 1. The average molecular weight is 1210 g/mol. The molecule has 0 spiro atoms. The van der Waals surface area contributed by atoms with E-state index in [1.165, 1.54) is 32.1 Å². The number of unbranched alkanes of at least 4 members (excludes halogenated alkanes) is 12. The van der Waals surface area contributed by atoms with Crippen LogP contribution in [0.3, 0.4) is 0 Å². The van der Waals surface area contributed by atoms with E-state index in [0.29, 0.717) is 23.9 Å². The Bertz CT molecular complexity index is 2150. The van der Waals surface area contributed by atoms with E-state index < -0.39 is 32.5 Å². The fourth-order valence-electron chi connectivity index (χ4n) is 8.10. The van der Waals surface area contributed by atoms with Crippen LogP contribution < -0.4 is 4.89 Å².